The fourth-order valence-corrected chi connectivity index (χ4v) is 3.40. The molecule has 1 aromatic carbocycles. The van der Waals surface area contributed by atoms with E-state index >= 15 is 0 Å². The number of aryl methyl sites for hydroxylation is 2. The lowest BCUT2D eigenvalue weighted by atomic mass is 10.1. The molecule has 0 fully saturated rings. The Morgan fingerprint density at radius 1 is 1.04 bits per heavy atom. The summed E-state index contributed by atoms with van der Waals surface area (Å²) in [5.41, 5.74) is 1.88. The highest BCUT2D eigenvalue weighted by Gasteiger charge is 2.17. The Balaban J connectivity index is 2.61. The third-order valence-electron chi connectivity index (χ3n) is 4.30. The van der Waals surface area contributed by atoms with E-state index in [1.807, 2.05) is 0 Å². The first-order valence-corrected chi connectivity index (χ1v) is 9.36. The zero-order chi connectivity index (χ0) is 19.8. The molecule has 0 amide bonds. The van der Waals surface area contributed by atoms with Crippen LogP contribution in [0, 0.1) is 27.7 Å². The first kappa shape index (κ1) is 19.8. The second-order valence-corrected chi connectivity index (χ2v) is 7.44. The summed E-state index contributed by atoms with van der Waals surface area (Å²) in [7, 11) is -4.33. The Kier molecular flexibility index (Phi) is 5.33. The van der Waals surface area contributed by atoms with Crippen LogP contribution in [0.3, 0.4) is 0 Å². The lowest BCUT2D eigenvalue weighted by molar-refractivity contribution is 0.406. The molecule has 0 aliphatic rings. The maximum absolute atomic E-state index is 12.5. The summed E-state index contributed by atoms with van der Waals surface area (Å²) >= 11 is 0. The van der Waals surface area contributed by atoms with Crippen molar-refractivity contribution in [3.8, 4) is 5.88 Å². The summed E-state index contributed by atoms with van der Waals surface area (Å²) in [6.07, 6.45) is 0. The summed E-state index contributed by atoms with van der Waals surface area (Å²) < 4.78 is 33.2. The van der Waals surface area contributed by atoms with Crippen LogP contribution in [0.4, 0.5) is 11.4 Å². The molecule has 0 bridgehead atoms. The number of aromatic nitrogens is 1. The standard InChI is InChI=1S/C17H21N3O5S/c1-6-20-16(21)12(5)11(4)15(17(20)22)19-18-13-7-10(3)14(8-9(13)2)26(23,24)25/h7-8,21H,6H2,1-5H3,(H,23,24,25). The van der Waals surface area contributed by atoms with Crippen molar-refractivity contribution in [3.05, 3.63) is 44.7 Å². The average Bonchev–Trinajstić information content (AvgIpc) is 2.55. The van der Waals surface area contributed by atoms with Crippen molar-refractivity contribution in [2.24, 2.45) is 10.2 Å². The quantitative estimate of drug-likeness (QED) is 0.622. The van der Waals surface area contributed by atoms with Crippen LogP contribution in [0.2, 0.25) is 0 Å². The molecule has 0 unspecified atom stereocenters. The molecule has 0 saturated carbocycles. The highest BCUT2D eigenvalue weighted by atomic mass is 32.2. The van der Waals surface area contributed by atoms with Crippen molar-refractivity contribution in [1.82, 2.24) is 4.57 Å². The van der Waals surface area contributed by atoms with Crippen LogP contribution in [0.5, 0.6) is 5.88 Å². The molecule has 0 aliphatic carbocycles. The van der Waals surface area contributed by atoms with E-state index in [0.29, 0.717) is 27.9 Å². The van der Waals surface area contributed by atoms with Gasteiger partial charge < -0.3 is 5.11 Å². The predicted octanol–water partition coefficient (Wildman–Crippen LogP) is 3.47. The van der Waals surface area contributed by atoms with Crippen LogP contribution in [0.1, 0.15) is 29.2 Å². The lowest BCUT2D eigenvalue weighted by Gasteiger charge is -2.12. The normalized spacial score (nSPS) is 12.1. The zero-order valence-electron chi connectivity index (χ0n) is 15.2. The fraction of sp³-hybridized carbons (Fsp3) is 0.353. The van der Waals surface area contributed by atoms with E-state index in [4.69, 9.17) is 0 Å². The summed E-state index contributed by atoms with van der Waals surface area (Å²) in [6.45, 7) is 8.53. The minimum atomic E-state index is -4.33. The van der Waals surface area contributed by atoms with E-state index in [0.717, 1.165) is 0 Å². The van der Waals surface area contributed by atoms with Gasteiger partial charge in [0.15, 0.2) is 11.6 Å². The highest BCUT2D eigenvalue weighted by Crippen LogP contribution is 2.29. The Hall–Kier alpha value is -2.52. The smallest absolute Gasteiger partial charge is 0.294 e. The number of benzene rings is 1. The zero-order valence-corrected chi connectivity index (χ0v) is 16.0. The number of aromatic hydroxyl groups is 1. The van der Waals surface area contributed by atoms with Gasteiger partial charge in [-0.2, -0.15) is 13.5 Å². The lowest BCUT2D eigenvalue weighted by Crippen LogP contribution is -2.20. The molecule has 0 spiro atoms. The van der Waals surface area contributed by atoms with Gasteiger partial charge in [-0.15, -0.1) is 5.11 Å². The average molecular weight is 379 g/mol. The molecule has 26 heavy (non-hydrogen) atoms. The SMILES string of the molecule is CCn1c(O)c(C)c(C)c(N=Nc2cc(C)c(S(=O)(=O)O)cc2C)c1=O. The Morgan fingerprint density at radius 3 is 2.19 bits per heavy atom. The van der Waals surface area contributed by atoms with Gasteiger partial charge in [0.25, 0.3) is 15.7 Å². The van der Waals surface area contributed by atoms with Crippen LogP contribution in [0.15, 0.2) is 32.1 Å². The van der Waals surface area contributed by atoms with Gasteiger partial charge in [0.05, 0.1) is 10.6 Å². The van der Waals surface area contributed by atoms with Crippen molar-refractivity contribution in [2.45, 2.75) is 46.1 Å². The molecule has 2 rings (SSSR count). The van der Waals surface area contributed by atoms with Gasteiger partial charge >= 0.3 is 0 Å². The van der Waals surface area contributed by atoms with Gasteiger partial charge in [0.1, 0.15) is 0 Å². The Labute approximate surface area is 151 Å². The Morgan fingerprint density at radius 2 is 1.65 bits per heavy atom. The predicted molar refractivity (Wildman–Crippen MR) is 97.4 cm³/mol. The molecular formula is C17H21N3O5S. The first-order valence-electron chi connectivity index (χ1n) is 7.92. The molecule has 140 valence electrons. The summed E-state index contributed by atoms with van der Waals surface area (Å²) in [5.74, 6) is -0.0986. The van der Waals surface area contributed by atoms with Gasteiger partial charge in [-0.3, -0.25) is 13.9 Å². The van der Waals surface area contributed by atoms with Crippen LogP contribution in [-0.4, -0.2) is 22.6 Å². The second kappa shape index (κ2) is 7.00. The van der Waals surface area contributed by atoms with E-state index < -0.39 is 15.7 Å². The van der Waals surface area contributed by atoms with Crippen molar-refractivity contribution in [3.63, 3.8) is 0 Å². The number of azo groups is 1. The van der Waals surface area contributed by atoms with E-state index in [-0.39, 0.29) is 23.0 Å². The first-order chi connectivity index (χ1) is 12.0. The number of hydrogen-bond acceptors (Lipinski definition) is 6. The van der Waals surface area contributed by atoms with Gasteiger partial charge in [-0.25, -0.2) is 0 Å². The van der Waals surface area contributed by atoms with Crippen molar-refractivity contribution >= 4 is 21.5 Å². The fourth-order valence-electron chi connectivity index (χ4n) is 2.61. The molecule has 9 heteroatoms. The number of nitrogens with zero attached hydrogens (tertiary/aromatic N) is 3. The second-order valence-electron chi connectivity index (χ2n) is 6.05. The molecule has 0 atom stereocenters. The van der Waals surface area contributed by atoms with Gasteiger partial charge in [0.2, 0.25) is 0 Å². The largest absolute Gasteiger partial charge is 0.494 e. The molecule has 1 aromatic heterocycles. The summed E-state index contributed by atoms with van der Waals surface area (Å²) in [4.78, 5) is 12.3. The van der Waals surface area contributed by atoms with Gasteiger partial charge in [-0.1, -0.05) is 0 Å². The van der Waals surface area contributed by atoms with Crippen molar-refractivity contribution in [2.75, 3.05) is 0 Å². The maximum Gasteiger partial charge on any atom is 0.294 e. The molecule has 2 N–H and O–H groups in total. The molecule has 8 nitrogen and oxygen atoms in total. The molecule has 2 aromatic rings. The van der Waals surface area contributed by atoms with Crippen LogP contribution < -0.4 is 5.56 Å². The maximum atomic E-state index is 12.5. The summed E-state index contributed by atoms with van der Waals surface area (Å²) in [6, 6.07) is 2.78. The van der Waals surface area contributed by atoms with Crippen molar-refractivity contribution < 1.29 is 18.1 Å². The van der Waals surface area contributed by atoms with E-state index in [1.54, 1.807) is 27.7 Å². The molecule has 1 heterocycles. The van der Waals surface area contributed by atoms with Crippen LogP contribution >= 0.6 is 0 Å². The summed E-state index contributed by atoms with van der Waals surface area (Å²) in [5, 5.41) is 18.2. The minimum absolute atomic E-state index is 0.0986. The monoisotopic (exact) mass is 379 g/mol. The molecule has 0 radical (unpaired) electrons. The van der Waals surface area contributed by atoms with E-state index in [9.17, 15) is 22.9 Å². The van der Waals surface area contributed by atoms with Crippen LogP contribution in [0.25, 0.3) is 0 Å². The highest BCUT2D eigenvalue weighted by molar-refractivity contribution is 7.85. The van der Waals surface area contributed by atoms with Gasteiger partial charge in [-0.05, 0) is 63.4 Å². The van der Waals surface area contributed by atoms with E-state index in [1.165, 1.54) is 23.6 Å². The topological polar surface area (TPSA) is 121 Å². The number of pyridine rings is 1. The van der Waals surface area contributed by atoms with E-state index in [2.05, 4.69) is 10.2 Å². The number of rotatable bonds is 4. The third kappa shape index (κ3) is 3.54. The molecular weight excluding hydrogens is 358 g/mol. The van der Waals surface area contributed by atoms with Crippen LogP contribution in [-0.2, 0) is 16.7 Å². The number of hydrogen-bond donors (Lipinski definition) is 2. The van der Waals surface area contributed by atoms with Gasteiger partial charge in [0, 0.05) is 12.1 Å². The Bertz CT molecular complexity index is 1070. The van der Waals surface area contributed by atoms with Crippen molar-refractivity contribution in [1.29, 1.82) is 0 Å². The molecule has 0 saturated heterocycles. The minimum Gasteiger partial charge on any atom is -0.494 e. The third-order valence-corrected chi connectivity index (χ3v) is 5.30. The molecule has 0 aliphatic heterocycles.